The first-order valence-electron chi connectivity index (χ1n) is 11.1. The number of carbonyl (C=O) groups is 1. The first kappa shape index (κ1) is 27.2. The molecule has 4 rings (SSSR count). The van der Waals surface area contributed by atoms with Crippen LogP contribution in [0.5, 0.6) is 0 Å². The molecule has 0 spiro atoms. The number of nitrogens with zero attached hydrogens (tertiary/aromatic N) is 1. The molecule has 0 aliphatic carbocycles. The van der Waals surface area contributed by atoms with Crippen molar-refractivity contribution in [1.82, 2.24) is 10.1 Å². The van der Waals surface area contributed by atoms with E-state index in [0.29, 0.717) is 11.3 Å². The average Bonchev–Trinajstić information content (AvgIpc) is 3.32. The third-order valence-corrected chi connectivity index (χ3v) is 5.44. The van der Waals surface area contributed by atoms with E-state index in [4.69, 9.17) is 0 Å². The fraction of sp³-hybridized carbons (Fsp3) is 0.0741. The van der Waals surface area contributed by atoms with Crippen LogP contribution in [-0.2, 0) is 17.1 Å². The van der Waals surface area contributed by atoms with E-state index in [9.17, 15) is 35.9 Å². The molecule has 0 aliphatic rings. The Morgan fingerprint density at radius 2 is 1.36 bits per heavy atom. The van der Waals surface area contributed by atoms with Crippen molar-refractivity contribution in [2.24, 2.45) is 0 Å². The monoisotopic (exact) mass is 545 g/mol. The standard InChI is InChI=1S/C27H17F6N3O3/c28-26(29,30)18-12-8-16(9-13-18)20(17-10-14-19(15-11-17)27(31,32)33)5-3-7-23(37)34-22-6-2-1-4-21(22)24-35-25(38)39-36-24/h1-15H,(H,34,37)(H,35,36,38). The molecule has 39 heavy (non-hydrogen) atoms. The van der Waals surface area contributed by atoms with Crippen LogP contribution in [0.25, 0.3) is 17.0 Å². The lowest BCUT2D eigenvalue weighted by Gasteiger charge is -2.12. The maximum atomic E-state index is 13.0. The van der Waals surface area contributed by atoms with Gasteiger partial charge in [-0.2, -0.15) is 26.3 Å². The Kier molecular flexibility index (Phi) is 7.56. The maximum Gasteiger partial charge on any atom is 0.439 e. The molecule has 0 unspecified atom stereocenters. The number of halogens is 6. The first-order chi connectivity index (χ1) is 18.4. The van der Waals surface area contributed by atoms with Crippen molar-refractivity contribution in [3.63, 3.8) is 0 Å². The molecule has 1 amide bonds. The average molecular weight is 545 g/mol. The summed E-state index contributed by atoms with van der Waals surface area (Å²) in [5.74, 6) is -1.30. The van der Waals surface area contributed by atoms with Gasteiger partial charge < -0.3 is 5.32 Å². The zero-order valence-corrected chi connectivity index (χ0v) is 19.6. The van der Waals surface area contributed by atoms with Crippen LogP contribution in [0.3, 0.4) is 0 Å². The van der Waals surface area contributed by atoms with Crippen molar-refractivity contribution in [2.45, 2.75) is 12.4 Å². The number of H-pyrrole nitrogens is 1. The number of carbonyl (C=O) groups excluding carboxylic acids is 1. The summed E-state index contributed by atoms with van der Waals surface area (Å²) in [5, 5.41) is 6.20. The van der Waals surface area contributed by atoms with Crippen molar-refractivity contribution in [3.8, 4) is 11.4 Å². The lowest BCUT2D eigenvalue weighted by atomic mass is 9.95. The number of aromatic nitrogens is 2. The summed E-state index contributed by atoms with van der Waals surface area (Å²) in [6.45, 7) is 0. The summed E-state index contributed by atoms with van der Waals surface area (Å²) in [6, 6.07) is 14.6. The summed E-state index contributed by atoms with van der Waals surface area (Å²) in [5.41, 5.74) is -0.259. The number of nitrogens with one attached hydrogen (secondary N) is 2. The second-order valence-electron chi connectivity index (χ2n) is 8.07. The minimum atomic E-state index is -4.57. The van der Waals surface area contributed by atoms with E-state index in [0.717, 1.165) is 30.3 Å². The normalized spacial score (nSPS) is 11.9. The van der Waals surface area contributed by atoms with Crippen LogP contribution < -0.4 is 11.1 Å². The molecule has 0 radical (unpaired) electrons. The summed E-state index contributed by atoms with van der Waals surface area (Å²) in [7, 11) is 0. The maximum absolute atomic E-state index is 13.0. The Morgan fingerprint density at radius 1 is 0.821 bits per heavy atom. The molecule has 1 aromatic heterocycles. The van der Waals surface area contributed by atoms with Crippen LogP contribution in [0.4, 0.5) is 32.0 Å². The van der Waals surface area contributed by atoms with Gasteiger partial charge in [0.2, 0.25) is 5.91 Å². The fourth-order valence-corrected chi connectivity index (χ4v) is 3.59. The smallest absolute Gasteiger partial charge is 0.322 e. The third-order valence-electron chi connectivity index (χ3n) is 5.44. The number of rotatable bonds is 6. The number of alkyl halides is 6. The highest BCUT2D eigenvalue weighted by atomic mass is 19.4. The summed E-state index contributed by atoms with van der Waals surface area (Å²) in [6.07, 6.45) is -5.31. The quantitative estimate of drug-likeness (QED) is 0.161. The number of allylic oxidation sites excluding steroid dienone is 2. The van der Waals surface area contributed by atoms with Crippen molar-refractivity contribution in [1.29, 1.82) is 0 Å². The molecular formula is C27H17F6N3O3. The number of para-hydroxylation sites is 1. The van der Waals surface area contributed by atoms with E-state index < -0.39 is 35.1 Å². The molecule has 4 aromatic rings. The van der Waals surface area contributed by atoms with Gasteiger partial charge in [0.05, 0.1) is 16.8 Å². The van der Waals surface area contributed by atoms with Crippen molar-refractivity contribution < 1.29 is 35.7 Å². The van der Waals surface area contributed by atoms with Gasteiger partial charge in [0, 0.05) is 11.6 Å². The SMILES string of the molecule is O=C(C=CC=C(c1ccc(C(F)(F)F)cc1)c1ccc(C(F)(F)F)cc1)Nc1ccccc1-c1noc(=O)[nH]1. The van der Waals surface area contributed by atoms with E-state index in [1.807, 2.05) is 0 Å². The Hall–Kier alpha value is -4.87. The van der Waals surface area contributed by atoms with Crippen LogP contribution >= 0.6 is 0 Å². The summed E-state index contributed by atoms with van der Waals surface area (Å²) < 4.78 is 82.5. The largest absolute Gasteiger partial charge is 0.439 e. The zero-order valence-electron chi connectivity index (χ0n) is 19.6. The van der Waals surface area contributed by atoms with E-state index in [-0.39, 0.29) is 22.5 Å². The Balaban J connectivity index is 1.63. The summed E-state index contributed by atoms with van der Waals surface area (Å²) in [4.78, 5) is 26.2. The van der Waals surface area contributed by atoms with Crippen molar-refractivity contribution in [3.05, 3.63) is 124 Å². The minimum absolute atomic E-state index is 0.0895. The van der Waals surface area contributed by atoms with Crippen LogP contribution in [-0.4, -0.2) is 16.0 Å². The van der Waals surface area contributed by atoms with Crippen molar-refractivity contribution >= 4 is 17.2 Å². The molecule has 200 valence electrons. The van der Waals surface area contributed by atoms with E-state index in [2.05, 4.69) is 20.0 Å². The lowest BCUT2D eigenvalue weighted by Crippen LogP contribution is -2.09. The highest BCUT2D eigenvalue weighted by molar-refractivity contribution is 6.02. The number of anilines is 1. The molecule has 2 N–H and O–H groups in total. The van der Waals surface area contributed by atoms with Crippen LogP contribution in [0, 0.1) is 0 Å². The fourth-order valence-electron chi connectivity index (χ4n) is 3.59. The molecule has 0 atom stereocenters. The van der Waals surface area contributed by atoms with E-state index >= 15 is 0 Å². The van der Waals surface area contributed by atoms with Gasteiger partial charge in [-0.15, -0.1) is 0 Å². The van der Waals surface area contributed by atoms with Gasteiger partial charge in [-0.05, 0) is 53.1 Å². The zero-order chi connectivity index (χ0) is 28.2. The predicted octanol–water partition coefficient (Wildman–Crippen LogP) is 6.69. The number of benzene rings is 3. The molecule has 0 bridgehead atoms. The van der Waals surface area contributed by atoms with Gasteiger partial charge in [-0.1, -0.05) is 53.7 Å². The highest BCUT2D eigenvalue weighted by Gasteiger charge is 2.31. The first-order valence-corrected chi connectivity index (χ1v) is 11.1. The van der Waals surface area contributed by atoms with E-state index in [1.165, 1.54) is 36.4 Å². The number of amides is 1. The van der Waals surface area contributed by atoms with Gasteiger partial charge in [0.25, 0.3) is 0 Å². The molecule has 0 saturated heterocycles. The third kappa shape index (κ3) is 6.72. The molecule has 0 fully saturated rings. The lowest BCUT2D eigenvalue weighted by molar-refractivity contribution is -0.138. The molecular weight excluding hydrogens is 528 g/mol. The minimum Gasteiger partial charge on any atom is -0.322 e. The molecule has 3 aromatic carbocycles. The van der Waals surface area contributed by atoms with E-state index in [1.54, 1.807) is 24.3 Å². The predicted molar refractivity (Wildman–Crippen MR) is 130 cm³/mol. The van der Waals surface area contributed by atoms with Gasteiger partial charge in [-0.25, -0.2) is 4.79 Å². The highest BCUT2D eigenvalue weighted by Crippen LogP contribution is 2.33. The Labute approximate surface area is 216 Å². The molecule has 0 saturated carbocycles. The number of hydrogen-bond acceptors (Lipinski definition) is 4. The molecule has 1 heterocycles. The topological polar surface area (TPSA) is 88.0 Å². The Morgan fingerprint density at radius 3 is 1.85 bits per heavy atom. The second kappa shape index (κ2) is 10.9. The van der Waals surface area contributed by atoms with Gasteiger partial charge in [0.15, 0.2) is 5.82 Å². The molecule has 0 aliphatic heterocycles. The second-order valence-corrected chi connectivity index (χ2v) is 8.07. The Bertz CT molecular complexity index is 1520. The van der Waals surface area contributed by atoms with Gasteiger partial charge >= 0.3 is 18.1 Å². The van der Waals surface area contributed by atoms with Crippen LogP contribution in [0.2, 0.25) is 0 Å². The van der Waals surface area contributed by atoms with Gasteiger partial charge in [-0.3, -0.25) is 14.3 Å². The molecule has 6 nitrogen and oxygen atoms in total. The van der Waals surface area contributed by atoms with Crippen LogP contribution in [0.15, 0.2) is 100 Å². The van der Waals surface area contributed by atoms with Crippen molar-refractivity contribution in [2.75, 3.05) is 5.32 Å². The van der Waals surface area contributed by atoms with Gasteiger partial charge in [0.1, 0.15) is 0 Å². The van der Waals surface area contributed by atoms with Crippen LogP contribution in [0.1, 0.15) is 22.3 Å². The summed E-state index contributed by atoms with van der Waals surface area (Å²) >= 11 is 0. The number of aromatic amines is 1. The molecule has 12 heteroatoms. The number of hydrogen-bond donors (Lipinski definition) is 2.